The average Bonchev–Trinajstić information content (AvgIpc) is 2.98. The first-order chi connectivity index (χ1) is 11.6. The second-order valence-electron chi connectivity index (χ2n) is 5.70. The summed E-state index contributed by atoms with van der Waals surface area (Å²) in [5.74, 6) is 0.757. The van der Waals surface area contributed by atoms with Crippen LogP contribution in [0.3, 0.4) is 0 Å². The highest BCUT2D eigenvalue weighted by molar-refractivity contribution is 7.22. The Morgan fingerprint density at radius 1 is 1.12 bits per heavy atom. The molecule has 3 aromatic rings. The Hall–Kier alpha value is -2.40. The number of thiazole rings is 1. The minimum Gasteiger partial charge on any atom is -0.494 e. The molecule has 124 valence electrons. The van der Waals surface area contributed by atoms with Crippen LogP contribution in [0.15, 0.2) is 36.4 Å². The lowest BCUT2D eigenvalue weighted by Crippen LogP contribution is -2.14. The van der Waals surface area contributed by atoms with Crippen LogP contribution in [0.4, 0.5) is 5.13 Å². The highest BCUT2D eigenvalue weighted by Gasteiger charge is 2.11. The highest BCUT2D eigenvalue weighted by Crippen LogP contribution is 2.30. The van der Waals surface area contributed by atoms with Crippen molar-refractivity contribution >= 4 is 32.6 Å². The number of aryl methyl sites for hydroxylation is 2. The van der Waals surface area contributed by atoms with Crippen LogP contribution in [0.1, 0.15) is 23.6 Å². The summed E-state index contributed by atoms with van der Waals surface area (Å²) in [7, 11) is 0. The smallest absolute Gasteiger partial charge is 0.230 e. The van der Waals surface area contributed by atoms with Gasteiger partial charge in [-0.2, -0.15) is 0 Å². The molecule has 0 atom stereocenters. The molecule has 0 unspecified atom stereocenters. The number of aromatic nitrogens is 1. The predicted octanol–water partition coefficient (Wildman–Crippen LogP) is 4.49. The number of hydrogen-bond donors (Lipinski definition) is 1. The molecule has 4 nitrogen and oxygen atoms in total. The SMILES string of the molecule is CCOc1ccc(CC(=O)Nc2nc3c(C)ccc(C)c3s2)cc1. The van der Waals surface area contributed by atoms with E-state index >= 15 is 0 Å². The summed E-state index contributed by atoms with van der Waals surface area (Å²) in [6, 6.07) is 11.7. The normalized spacial score (nSPS) is 10.8. The van der Waals surface area contributed by atoms with Crippen LogP contribution in [-0.2, 0) is 11.2 Å². The minimum atomic E-state index is -0.0616. The standard InChI is InChI=1S/C19H20N2O2S/c1-4-23-15-9-7-14(8-10-15)11-16(22)20-19-21-17-12(2)5-6-13(3)18(17)24-19/h5-10H,4,11H2,1-3H3,(H,20,21,22). The number of hydrogen-bond acceptors (Lipinski definition) is 4. The lowest BCUT2D eigenvalue weighted by Gasteiger charge is -2.05. The van der Waals surface area contributed by atoms with Gasteiger partial charge in [0.2, 0.25) is 5.91 Å². The van der Waals surface area contributed by atoms with Gasteiger partial charge in [-0.25, -0.2) is 4.98 Å². The second kappa shape index (κ2) is 7.01. The molecule has 1 amide bonds. The largest absolute Gasteiger partial charge is 0.494 e. The van der Waals surface area contributed by atoms with Crippen molar-refractivity contribution in [3.8, 4) is 5.75 Å². The van der Waals surface area contributed by atoms with Crippen LogP contribution < -0.4 is 10.1 Å². The van der Waals surface area contributed by atoms with Crippen molar-refractivity contribution in [2.75, 3.05) is 11.9 Å². The summed E-state index contributed by atoms with van der Waals surface area (Å²) >= 11 is 1.52. The molecule has 0 aliphatic carbocycles. The Bertz CT molecular complexity index is 830. The Morgan fingerprint density at radius 3 is 2.50 bits per heavy atom. The number of carbonyl (C=O) groups is 1. The van der Waals surface area contributed by atoms with E-state index in [-0.39, 0.29) is 5.91 Å². The Labute approximate surface area is 145 Å². The van der Waals surface area contributed by atoms with E-state index in [0.29, 0.717) is 18.2 Å². The van der Waals surface area contributed by atoms with Crippen molar-refractivity contribution in [3.05, 3.63) is 53.1 Å². The number of rotatable bonds is 5. The summed E-state index contributed by atoms with van der Waals surface area (Å²) in [5, 5.41) is 3.56. The molecule has 1 heterocycles. The summed E-state index contributed by atoms with van der Waals surface area (Å²) in [5.41, 5.74) is 4.22. The number of anilines is 1. The molecule has 0 fully saturated rings. The van der Waals surface area contributed by atoms with Gasteiger partial charge in [0.1, 0.15) is 5.75 Å². The molecule has 5 heteroatoms. The monoisotopic (exact) mass is 340 g/mol. The third kappa shape index (κ3) is 3.57. The van der Waals surface area contributed by atoms with Crippen LogP contribution in [0.2, 0.25) is 0 Å². The first-order valence-corrected chi connectivity index (χ1v) is 8.77. The number of fused-ring (bicyclic) bond motifs is 1. The molecule has 1 aromatic heterocycles. The van der Waals surface area contributed by atoms with Gasteiger partial charge in [0, 0.05) is 0 Å². The third-order valence-electron chi connectivity index (χ3n) is 3.79. The summed E-state index contributed by atoms with van der Waals surface area (Å²) < 4.78 is 6.54. The molecular formula is C19H20N2O2S. The molecule has 0 spiro atoms. The van der Waals surface area contributed by atoms with Crippen molar-refractivity contribution in [1.82, 2.24) is 4.98 Å². The molecule has 0 bridgehead atoms. The van der Waals surface area contributed by atoms with Crippen LogP contribution in [0.25, 0.3) is 10.2 Å². The second-order valence-corrected chi connectivity index (χ2v) is 6.70. The van der Waals surface area contributed by atoms with Gasteiger partial charge in [0.05, 0.1) is 23.2 Å². The van der Waals surface area contributed by atoms with Crippen molar-refractivity contribution < 1.29 is 9.53 Å². The van der Waals surface area contributed by atoms with Crippen LogP contribution >= 0.6 is 11.3 Å². The number of benzene rings is 2. The molecule has 24 heavy (non-hydrogen) atoms. The van der Waals surface area contributed by atoms with Crippen LogP contribution in [0.5, 0.6) is 5.75 Å². The van der Waals surface area contributed by atoms with E-state index in [9.17, 15) is 4.79 Å². The lowest BCUT2D eigenvalue weighted by atomic mass is 10.1. The van der Waals surface area contributed by atoms with Crippen molar-refractivity contribution in [3.63, 3.8) is 0 Å². The van der Waals surface area contributed by atoms with Gasteiger partial charge in [0.25, 0.3) is 0 Å². The van der Waals surface area contributed by atoms with Crippen molar-refractivity contribution in [1.29, 1.82) is 0 Å². The number of nitrogens with one attached hydrogen (secondary N) is 1. The minimum absolute atomic E-state index is 0.0616. The summed E-state index contributed by atoms with van der Waals surface area (Å²) in [6.07, 6.45) is 0.320. The molecule has 0 saturated carbocycles. The molecule has 3 rings (SSSR count). The van der Waals surface area contributed by atoms with E-state index in [0.717, 1.165) is 27.1 Å². The predicted molar refractivity (Wildman–Crippen MR) is 99.0 cm³/mol. The van der Waals surface area contributed by atoms with Gasteiger partial charge in [0.15, 0.2) is 5.13 Å². The first kappa shape index (κ1) is 16.5. The maximum atomic E-state index is 12.3. The van der Waals surface area contributed by atoms with Gasteiger partial charge < -0.3 is 10.1 Å². The first-order valence-electron chi connectivity index (χ1n) is 7.95. The zero-order valence-electron chi connectivity index (χ0n) is 14.1. The number of amides is 1. The van der Waals surface area contributed by atoms with E-state index in [4.69, 9.17) is 4.74 Å². The van der Waals surface area contributed by atoms with E-state index < -0.39 is 0 Å². The maximum Gasteiger partial charge on any atom is 0.230 e. The van der Waals surface area contributed by atoms with E-state index in [1.807, 2.05) is 38.1 Å². The number of ether oxygens (including phenoxy) is 1. The fourth-order valence-corrected chi connectivity index (χ4v) is 3.56. The van der Waals surface area contributed by atoms with E-state index in [1.54, 1.807) is 0 Å². The molecule has 0 aliphatic heterocycles. The molecular weight excluding hydrogens is 320 g/mol. The quantitative estimate of drug-likeness (QED) is 0.744. The lowest BCUT2D eigenvalue weighted by molar-refractivity contribution is -0.115. The Morgan fingerprint density at radius 2 is 1.83 bits per heavy atom. The van der Waals surface area contributed by atoms with Crippen molar-refractivity contribution in [2.45, 2.75) is 27.2 Å². The topological polar surface area (TPSA) is 51.2 Å². The Balaban J connectivity index is 1.70. The Kier molecular flexibility index (Phi) is 4.81. The van der Waals surface area contributed by atoms with Gasteiger partial charge in [-0.3, -0.25) is 4.79 Å². The average molecular weight is 340 g/mol. The fraction of sp³-hybridized carbons (Fsp3) is 0.263. The summed E-state index contributed by atoms with van der Waals surface area (Å²) in [4.78, 5) is 16.8. The zero-order chi connectivity index (χ0) is 17.1. The maximum absolute atomic E-state index is 12.3. The van der Waals surface area contributed by atoms with Gasteiger partial charge in [-0.15, -0.1) is 0 Å². The van der Waals surface area contributed by atoms with Gasteiger partial charge in [-0.1, -0.05) is 35.6 Å². The third-order valence-corrected chi connectivity index (χ3v) is 4.89. The zero-order valence-corrected chi connectivity index (χ0v) is 14.9. The van der Waals surface area contributed by atoms with Crippen LogP contribution in [-0.4, -0.2) is 17.5 Å². The highest BCUT2D eigenvalue weighted by atomic mass is 32.1. The van der Waals surface area contributed by atoms with E-state index in [2.05, 4.69) is 29.4 Å². The molecule has 0 saturated heterocycles. The molecule has 0 radical (unpaired) electrons. The molecule has 0 aliphatic rings. The summed E-state index contributed by atoms with van der Waals surface area (Å²) in [6.45, 7) is 6.68. The van der Waals surface area contributed by atoms with Crippen LogP contribution in [0, 0.1) is 13.8 Å². The fourth-order valence-electron chi connectivity index (χ4n) is 2.53. The molecule has 2 aromatic carbocycles. The van der Waals surface area contributed by atoms with Gasteiger partial charge in [-0.05, 0) is 49.6 Å². The number of carbonyl (C=O) groups excluding carboxylic acids is 1. The van der Waals surface area contributed by atoms with Crippen molar-refractivity contribution in [2.24, 2.45) is 0 Å². The molecule has 1 N–H and O–H groups in total. The van der Waals surface area contributed by atoms with E-state index in [1.165, 1.54) is 16.9 Å². The number of nitrogens with zero attached hydrogens (tertiary/aromatic N) is 1. The van der Waals surface area contributed by atoms with Gasteiger partial charge >= 0.3 is 0 Å².